The second-order valence-electron chi connectivity index (χ2n) is 5.37. The van der Waals surface area contributed by atoms with Gasteiger partial charge in [0.15, 0.2) is 0 Å². The van der Waals surface area contributed by atoms with E-state index in [1.807, 2.05) is 12.1 Å². The fourth-order valence-electron chi connectivity index (χ4n) is 3.10. The van der Waals surface area contributed by atoms with Crippen LogP contribution in [0, 0.1) is 11.7 Å². The molecular weight excluding hydrogens is 225 g/mol. The fourth-order valence-corrected chi connectivity index (χ4v) is 3.10. The van der Waals surface area contributed by atoms with Crippen LogP contribution in [0.2, 0.25) is 0 Å². The van der Waals surface area contributed by atoms with E-state index in [-0.39, 0.29) is 5.82 Å². The van der Waals surface area contributed by atoms with E-state index >= 15 is 0 Å². The van der Waals surface area contributed by atoms with Crippen molar-refractivity contribution >= 4 is 0 Å². The quantitative estimate of drug-likeness (QED) is 0.805. The summed E-state index contributed by atoms with van der Waals surface area (Å²) in [4.78, 5) is 0. The van der Waals surface area contributed by atoms with Crippen molar-refractivity contribution in [1.82, 2.24) is 5.32 Å². The first-order valence-electron chi connectivity index (χ1n) is 7.27. The molecule has 18 heavy (non-hydrogen) atoms. The molecule has 0 saturated heterocycles. The van der Waals surface area contributed by atoms with E-state index in [1.54, 1.807) is 12.1 Å². The summed E-state index contributed by atoms with van der Waals surface area (Å²) in [6.07, 6.45) is 7.76. The molecule has 1 aliphatic carbocycles. The minimum Gasteiger partial charge on any atom is -0.314 e. The molecule has 2 rings (SSSR count). The summed E-state index contributed by atoms with van der Waals surface area (Å²) in [6.45, 7) is 3.23. The van der Waals surface area contributed by atoms with Gasteiger partial charge in [-0.1, -0.05) is 31.9 Å². The first-order valence-corrected chi connectivity index (χ1v) is 7.27. The molecule has 1 aromatic rings. The number of benzene rings is 1. The molecule has 0 spiro atoms. The molecule has 0 heterocycles. The highest BCUT2D eigenvalue weighted by Gasteiger charge is 2.23. The topological polar surface area (TPSA) is 12.0 Å². The molecule has 1 fully saturated rings. The van der Waals surface area contributed by atoms with E-state index in [0.717, 1.165) is 18.9 Å². The Bertz CT molecular complexity index is 341. The minimum absolute atomic E-state index is 0.141. The lowest BCUT2D eigenvalue weighted by molar-refractivity contribution is 0.346. The summed E-state index contributed by atoms with van der Waals surface area (Å²) < 4.78 is 12.8. The first-order chi connectivity index (χ1) is 8.79. The Hall–Kier alpha value is -0.890. The number of hydrogen-bond acceptors (Lipinski definition) is 1. The smallest absolute Gasteiger partial charge is 0.123 e. The molecule has 1 N–H and O–H groups in total. The van der Waals surface area contributed by atoms with E-state index in [2.05, 4.69) is 12.2 Å². The molecule has 0 radical (unpaired) electrons. The Labute approximate surface area is 110 Å². The number of aryl methyl sites for hydroxylation is 1. The minimum atomic E-state index is -0.141. The van der Waals surface area contributed by atoms with Crippen molar-refractivity contribution < 1.29 is 4.39 Å². The number of hydrogen-bond donors (Lipinski definition) is 1. The van der Waals surface area contributed by atoms with Crippen LogP contribution in [0.1, 0.15) is 44.6 Å². The molecule has 1 aromatic carbocycles. The van der Waals surface area contributed by atoms with Crippen LogP contribution in [-0.2, 0) is 6.42 Å². The van der Waals surface area contributed by atoms with Crippen LogP contribution < -0.4 is 5.32 Å². The lowest BCUT2D eigenvalue weighted by Gasteiger charge is -2.24. The third-order valence-corrected chi connectivity index (χ3v) is 4.09. The van der Waals surface area contributed by atoms with Gasteiger partial charge in [0.05, 0.1) is 0 Å². The maximum Gasteiger partial charge on any atom is 0.123 e. The summed E-state index contributed by atoms with van der Waals surface area (Å²) >= 11 is 0. The number of halogens is 1. The van der Waals surface area contributed by atoms with Gasteiger partial charge < -0.3 is 5.32 Å². The molecule has 0 aliphatic heterocycles. The third kappa shape index (κ3) is 3.81. The maximum atomic E-state index is 12.8. The van der Waals surface area contributed by atoms with Gasteiger partial charge in [0, 0.05) is 6.04 Å². The Kier molecular flexibility index (Phi) is 5.18. The summed E-state index contributed by atoms with van der Waals surface area (Å²) in [7, 11) is 0. The summed E-state index contributed by atoms with van der Waals surface area (Å²) in [5.41, 5.74) is 1.25. The van der Waals surface area contributed by atoms with Crippen molar-refractivity contribution in [3.05, 3.63) is 35.6 Å². The van der Waals surface area contributed by atoms with Crippen molar-refractivity contribution in [3.8, 4) is 0 Å². The normalized spacial score (nSPS) is 18.1. The predicted octanol–water partition coefficient (Wildman–Crippen LogP) is 3.93. The molecule has 0 amide bonds. The van der Waals surface area contributed by atoms with Gasteiger partial charge >= 0.3 is 0 Å². The highest BCUT2D eigenvalue weighted by Crippen LogP contribution is 2.29. The van der Waals surface area contributed by atoms with Crippen molar-refractivity contribution in [2.75, 3.05) is 6.54 Å². The van der Waals surface area contributed by atoms with E-state index in [9.17, 15) is 4.39 Å². The van der Waals surface area contributed by atoms with Crippen LogP contribution >= 0.6 is 0 Å². The van der Waals surface area contributed by atoms with Gasteiger partial charge in [0.25, 0.3) is 0 Å². The van der Waals surface area contributed by atoms with Crippen LogP contribution in [0.25, 0.3) is 0 Å². The first kappa shape index (κ1) is 13.5. The number of rotatable bonds is 6. The number of nitrogens with one attached hydrogen (secondary N) is 1. The zero-order valence-electron chi connectivity index (χ0n) is 11.3. The van der Waals surface area contributed by atoms with Gasteiger partial charge in [0.1, 0.15) is 5.82 Å². The average molecular weight is 249 g/mol. The summed E-state index contributed by atoms with van der Waals surface area (Å²) in [5, 5.41) is 3.63. The van der Waals surface area contributed by atoms with Crippen molar-refractivity contribution in [3.63, 3.8) is 0 Å². The Morgan fingerprint density at radius 3 is 2.50 bits per heavy atom. The monoisotopic (exact) mass is 249 g/mol. The molecule has 1 aliphatic rings. The predicted molar refractivity (Wildman–Crippen MR) is 74.1 cm³/mol. The average Bonchev–Trinajstić information content (AvgIpc) is 2.90. The second-order valence-corrected chi connectivity index (χ2v) is 5.37. The van der Waals surface area contributed by atoms with E-state index in [0.29, 0.717) is 6.04 Å². The second kappa shape index (κ2) is 6.89. The highest BCUT2D eigenvalue weighted by molar-refractivity contribution is 5.16. The SMILES string of the molecule is CCNC(CCc1ccc(F)cc1)C1CCCC1. The van der Waals surface area contributed by atoms with E-state index in [1.165, 1.54) is 37.7 Å². The summed E-state index contributed by atoms with van der Waals surface area (Å²) in [6, 6.07) is 7.59. The molecule has 0 bridgehead atoms. The fraction of sp³-hybridized carbons (Fsp3) is 0.625. The van der Waals surface area contributed by atoms with Crippen LogP contribution in [0.3, 0.4) is 0 Å². The lowest BCUT2D eigenvalue weighted by Crippen LogP contribution is -2.35. The van der Waals surface area contributed by atoms with Crippen molar-refractivity contribution in [1.29, 1.82) is 0 Å². The molecule has 0 aromatic heterocycles. The van der Waals surface area contributed by atoms with Crippen molar-refractivity contribution in [2.24, 2.45) is 5.92 Å². The Morgan fingerprint density at radius 1 is 1.22 bits per heavy atom. The van der Waals surface area contributed by atoms with E-state index in [4.69, 9.17) is 0 Å². The third-order valence-electron chi connectivity index (χ3n) is 4.09. The molecule has 1 nitrogen and oxygen atoms in total. The maximum absolute atomic E-state index is 12.8. The highest BCUT2D eigenvalue weighted by atomic mass is 19.1. The van der Waals surface area contributed by atoms with Gasteiger partial charge in [0.2, 0.25) is 0 Å². The lowest BCUT2D eigenvalue weighted by atomic mass is 9.92. The summed E-state index contributed by atoms with van der Waals surface area (Å²) in [5.74, 6) is 0.711. The molecule has 2 heteroatoms. The molecule has 1 saturated carbocycles. The van der Waals surface area contributed by atoms with E-state index < -0.39 is 0 Å². The van der Waals surface area contributed by atoms with Crippen LogP contribution in [0.15, 0.2) is 24.3 Å². The van der Waals surface area contributed by atoms with Gasteiger partial charge in [-0.2, -0.15) is 0 Å². The van der Waals surface area contributed by atoms with Gasteiger partial charge in [-0.15, -0.1) is 0 Å². The van der Waals surface area contributed by atoms with Gasteiger partial charge in [-0.25, -0.2) is 4.39 Å². The Balaban J connectivity index is 1.86. The zero-order chi connectivity index (χ0) is 12.8. The molecule has 1 atom stereocenters. The van der Waals surface area contributed by atoms with Gasteiger partial charge in [-0.3, -0.25) is 0 Å². The van der Waals surface area contributed by atoms with Gasteiger partial charge in [-0.05, 0) is 55.8 Å². The molecule has 1 unspecified atom stereocenters. The Morgan fingerprint density at radius 2 is 1.89 bits per heavy atom. The molecular formula is C16H24FN. The van der Waals surface area contributed by atoms with Crippen molar-refractivity contribution in [2.45, 2.75) is 51.5 Å². The van der Waals surface area contributed by atoms with Crippen LogP contribution in [0.4, 0.5) is 4.39 Å². The van der Waals surface area contributed by atoms with Crippen LogP contribution in [-0.4, -0.2) is 12.6 Å². The standard InChI is InChI=1S/C16H24FN/c1-2-18-16(14-5-3-4-6-14)12-9-13-7-10-15(17)11-8-13/h7-8,10-11,14,16,18H,2-6,9,12H2,1H3. The zero-order valence-corrected chi connectivity index (χ0v) is 11.3. The molecule has 100 valence electrons. The largest absolute Gasteiger partial charge is 0.314 e. The van der Waals surface area contributed by atoms with Crippen LogP contribution in [0.5, 0.6) is 0 Å².